The van der Waals surface area contributed by atoms with Crippen LogP contribution in [-0.4, -0.2) is 58.0 Å². The van der Waals surface area contributed by atoms with Crippen LogP contribution in [0, 0.1) is 0 Å². The Bertz CT molecular complexity index is 835. The summed E-state index contributed by atoms with van der Waals surface area (Å²) < 4.78 is 102. The molecule has 28 heavy (non-hydrogen) atoms. The second kappa shape index (κ2) is 8.19. The maximum atomic E-state index is 12.7. The van der Waals surface area contributed by atoms with Crippen LogP contribution in [0.1, 0.15) is 0 Å². The summed E-state index contributed by atoms with van der Waals surface area (Å²) in [5.41, 5.74) is 5.81. The Morgan fingerprint density at radius 3 is 2.18 bits per heavy atom. The molecule has 0 amide bonds. The molecule has 1 unspecified atom stereocenters. The van der Waals surface area contributed by atoms with E-state index in [2.05, 4.69) is 24.0 Å². The topological polar surface area (TPSA) is 114 Å². The molecule has 2 aromatic heterocycles. The average molecular weight is 437 g/mol. The van der Waals surface area contributed by atoms with E-state index in [0.717, 1.165) is 24.3 Å². The number of nitrogens with two attached hydrogens (primary N) is 1. The van der Waals surface area contributed by atoms with Gasteiger partial charge in [-0.25, -0.2) is 15.0 Å². The number of alkyl halides is 6. The molecule has 0 aliphatic rings. The Hall–Kier alpha value is -1.96. The fourth-order valence-corrected chi connectivity index (χ4v) is 3.73. The van der Waals surface area contributed by atoms with E-state index >= 15 is 0 Å². The third-order valence-corrected chi connectivity index (χ3v) is 5.28. The van der Waals surface area contributed by atoms with Crippen molar-refractivity contribution in [2.75, 3.05) is 26.1 Å². The molecule has 0 spiro atoms. The number of nitrogen functional groups attached to an aromatic ring is 1. The quantitative estimate of drug-likeness (QED) is 0.496. The molecule has 0 radical (unpaired) electrons. The highest BCUT2D eigenvalue weighted by Crippen LogP contribution is 2.55. The van der Waals surface area contributed by atoms with Crippen molar-refractivity contribution >= 4 is 24.6 Å². The predicted octanol–water partition coefficient (Wildman–Crippen LogP) is 2.73. The molecule has 0 bridgehead atoms. The zero-order valence-corrected chi connectivity index (χ0v) is 15.0. The molecule has 0 saturated carbocycles. The van der Waals surface area contributed by atoms with E-state index in [0.29, 0.717) is 0 Å². The summed E-state index contributed by atoms with van der Waals surface area (Å²) in [7, 11) is -4.11. The van der Waals surface area contributed by atoms with Crippen LogP contribution in [-0.2, 0) is 24.9 Å². The van der Waals surface area contributed by atoms with Gasteiger partial charge in [0, 0.05) is 7.11 Å². The van der Waals surface area contributed by atoms with Gasteiger partial charge in [0.1, 0.15) is 11.8 Å². The number of rotatable bonds is 8. The molecule has 16 heteroatoms. The molecule has 2 aromatic rings. The Labute approximate surface area is 153 Å². The van der Waals surface area contributed by atoms with Crippen LogP contribution in [0.5, 0.6) is 0 Å². The van der Waals surface area contributed by atoms with Gasteiger partial charge >= 0.3 is 19.9 Å². The van der Waals surface area contributed by atoms with Gasteiger partial charge < -0.3 is 15.0 Å². The van der Waals surface area contributed by atoms with E-state index in [9.17, 15) is 30.9 Å². The van der Waals surface area contributed by atoms with E-state index in [-0.39, 0.29) is 17.0 Å². The highest BCUT2D eigenvalue weighted by Gasteiger charge is 2.44. The van der Waals surface area contributed by atoms with Gasteiger partial charge in [-0.3, -0.25) is 13.6 Å². The largest absolute Gasteiger partial charge is 0.412 e. The van der Waals surface area contributed by atoms with Gasteiger partial charge in [-0.05, 0) is 0 Å². The van der Waals surface area contributed by atoms with Gasteiger partial charge in [0.15, 0.2) is 30.5 Å². The fraction of sp³-hybridized carbons (Fsp3) is 0.583. The Morgan fingerprint density at radius 2 is 1.68 bits per heavy atom. The molecule has 9 nitrogen and oxygen atoms in total. The first kappa shape index (κ1) is 22.3. The summed E-state index contributed by atoms with van der Waals surface area (Å²) in [5.74, 6) is -1.84. The maximum Gasteiger partial charge on any atom is 0.412 e. The third kappa shape index (κ3) is 5.77. The van der Waals surface area contributed by atoms with Gasteiger partial charge in [-0.2, -0.15) is 26.3 Å². The molecule has 1 atom stereocenters. The Morgan fingerprint density at radius 1 is 1.11 bits per heavy atom. The van der Waals surface area contributed by atoms with Gasteiger partial charge in [0.05, 0.1) is 12.9 Å². The van der Waals surface area contributed by atoms with Gasteiger partial charge in [0.25, 0.3) is 0 Å². The van der Waals surface area contributed by atoms with Crippen LogP contribution < -0.4 is 5.73 Å². The molecule has 2 heterocycles. The molecule has 2 rings (SSSR count). The standard InChI is InChI=1S/C12H14F6N5O4P/c1-25-7(2-23-6-22-8-9(19)20-5-21-10(8)23)28(24,26-3-11(13,14)15)27-4-12(16,17)18/h5-7H,2-4H2,1H3,(H2,19,20,21). The molecule has 158 valence electrons. The summed E-state index contributed by atoms with van der Waals surface area (Å²) >= 11 is 0. The minimum Gasteiger partial charge on any atom is -0.382 e. The summed E-state index contributed by atoms with van der Waals surface area (Å²) in [6.07, 6.45) is -7.73. The molecular weight excluding hydrogens is 423 g/mol. The lowest BCUT2D eigenvalue weighted by atomic mass is 10.5. The molecule has 0 aliphatic heterocycles. The Kier molecular flexibility index (Phi) is 6.53. The number of hydrogen-bond donors (Lipinski definition) is 1. The van der Waals surface area contributed by atoms with Crippen molar-refractivity contribution in [2.45, 2.75) is 24.7 Å². The van der Waals surface area contributed by atoms with Crippen LogP contribution >= 0.6 is 7.60 Å². The molecule has 2 N–H and O–H groups in total. The van der Waals surface area contributed by atoms with E-state index < -0.39 is 45.6 Å². The molecule has 0 fully saturated rings. The number of aromatic nitrogens is 4. The predicted molar refractivity (Wildman–Crippen MR) is 82.2 cm³/mol. The first-order chi connectivity index (χ1) is 12.8. The number of hydrogen-bond acceptors (Lipinski definition) is 8. The van der Waals surface area contributed by atoms with E-state index in [4.69, 9.17) is 10.5 Å². The van der Waals surface area contributed by atoms with Crippen molar-refractivity contribution in [3.8, 4) is 0 Å². The normalized spacial score (nSPS) is 14.5. The van der Waals surface area contributed by atoms with Crippen molar-refractivity contribution in [3.05, 3.63) is 12.7 Å². The highest BCUT2D eigenvalue weighted by atomic mass is 31.2. The fourth-order valence-electron chi connectivity index (χ4n) is 2.03. The first-order valence-corrected chi connectivity index (χ1v) is 8.92. The van der Waals surface area contributed by atoms with E-state index in [1.54, 1.807) is 0 Å². The zero-order chi connectivity index (χ0) is 21.2. The monoisotopic (exact) mass is 437 g/mol. The van der Waals surface area contributed by atoms with Crippen molar-refractivity contribution in [1.29, 1.82) is 0 Å². The van der Waals surface area contributed by atoms with Gasteiger partial charge in [0.2, 0.25) is 0 Å². The average Bonchev–Trinajstić information content (AvgIpc) is 2.99. The summed E-state index contributed by atoms with van der Waals surface area (Å²) in [5, 5.41) is 0. The van der Waals surface area contributed by atoms with Crippen molar-refractivity contribution in [3.63, 3.8) is 0 Å². The van der Waals surface area contributed by atoms with Crippen LogP contribution in [0.4, 0.5) is 32.2 Å². The highest BCUT2D eigenvalue weighted by molar-refractivity contribution is 7.54. The lowest BCUT2D eigenvalue weighted by Gasteiger charge is -2.27. The number of anilines is 1. The van der Waals surface area contributed by atoms with Crippen LogP contribution in [0.15, 0.2) is 12.7 Å². The van der Waals surface area contributed by atoms with E-state index in [1.165, 1.54) is 0 Å². The van der Waals surface area contributed by atoms with Crippen molar-refractivity contribution in [2.24, 2.45) is 0 Å². The van der Waals surface area contributed by atoms with Crippen LogP contribution in [0.3, 0.4) is 0 Å². The number of nitrogens with zero attached hydrogens (tertiary/aromatic N) is 4. The maximum absolute atomic E-state index is 12.7. The minimum atomic E-state index is -5.04. The summed E-state index contributed by atoms with van der Waals surface area (Å²) in [4.78, 5) is 11.4. The van der Waals surface area contributed by atoms with Crippen LogP contribution in [0.2, 0.25) is 0 Å². The summed E-state index contributed by atoms with van der Waals surface area (Å²) in [6.45, 7) is -4.74. The number of halogens is 6. The zero-order valence-electron chi connectivity index (χ0n) is 14.1. The SMILES string of the molecule is COC(Cn1cnc2c(N)ncnc21)P(=O)(OCC(F)(F)F)OCC(F)(F)F. The molecule has 0 aliphatic carbocycles. The van der Waals surface area contributed by atoms with Gasteiger partial charge in [-0.15, -0.1) is 0 Å². The van der Waals surface area contributed by atoms with Crippen molar-refractivity contribution in [1.82, 2.24) is 19.5 Å². The molecular formula is C12H14F6N5O4P. The second-order valence-corrected chi connectivity index (χ2v) is 7.51. The lowest BCUT2D eigenvalue weighted by molar-refractivity contribution is -0.167. The Balaban J connectivity index is 2.31. The number of ether oxygens (including phenoxy) is 1. The number of imidazole rings is 1. The first-order valence-electron chi connectivity index (χ1n) is 7.31. The number of fused-ring (bicyclic) bond motifs is 1. The lowest BCUT2D eigenvalue weighted by Crippen LogP contribution is -2.27. The molecule has 0 aromatic carbocycles. The molecule has 0 saturated heterocycles. The van der Waals surface area contributed by atoms with E-state index in [1.807, 2.05) is 0 Å². The second-order valence-electron chi connectivity index (χ2n) is 5.34. The van der Waals surface area contributed by atoms with Gasteiger partial charge in [-0.1, -0.05) is 0 Å². The summed E-state index contributed by atoms with van der Waals surface area (Å²) in [6, 6.07) is 0. The van der Waals surface area contributed by atoms with Crippen LogP contribution in [0.25, 0.3) is 11.2 Å². The third-order valence-electron chi connectivity index (χ3n) is 3.22. The smallest absolute Gasteiger partial charge is 0.382 e. The number of methoxy groups -OCH3 is 1. The minimum absolute atomic E-state index is 0.0115. The van der Waals surface area contributed by atoms with Crippen molar-refractivity contribution < 1.29 is 44.7 Å².